The highest BCUT2D eigenvalue weighted by atomic mass is 16.5. The van der Waals surface area contributed by atoms with Gasteiger partial charge in [-0.05, 0) is 36.9 Å². The number of ketones is 1. The lowest BCUT2D eigenvalue weighted by Gasteiger charge is -2.35. The van der Waals surface area contributed by atoms with Gasteiger partial charge in [-0.1, -0.05) is 19.3 Å². The maximum absolute atomic E-state index is 12.5. The van der Waals surface area contributed by atoms with E-state index < -0.39 is 0 Å². The molecule has 0 amide bonds. The molecule has 2 N–H and O–H groups in total. The summed E-state index contributed by atoms with van der Waals surface area (Å²) in [5.41, 5.74) is 6.34. The molecule has 0 atom stereocenters. The Morgan fingerprint density at radius 1 is 1.42 bits per heavy atom. The normalized spacial score (nSPS) is 18.0. The van der Waals surface area contributed by atoms with Crippen molar-refractivity contribution in [3.63, 3.8) is 0 Å². The quantitative estimate of drug-likeness (QED) is 0.828. The summed E-state index contributed by atoms with van der Waals surface area (Å²) in [7, 11) is 1.56. The van der Waals surface area contributed by atoms with E-state index in [1.807, 2.05) is 0 Å². The first-order valence-corrected chi connectivity index (χ1v) is 6.93. The van der Waals surface area contributed by atoms with Crippen LogP contribution in [-0.4, -0.2) is 24.4 Å². The van der Waals surface area contributed by atoms with Crippen LogP contribution in [0.4, 0.5) is 0 Å². The Morgan fingerprint density at radius 2 is 2.16 bits per heavy atom. The first-order valence-electron chi connectivity index (χ1n) is 6.93. The number of hydrogen-bond acceptors (Lipinski definition) is 4. The van der Waals surface area contributed by atoms with Gasteiger partial charge in [0, 0.05) is 12.6 Å². The average molecular weight is 262 g/mol. The van der Waals surface area contributed by atoms with Gasteiger partial charge in [0.1, 0.15) is 11.4 Å². The van der Waals surface area contributed by atoms with E-state index in [9.17, 15) is 4.79 Å². The van der Waals surface area contributed by atoms with E-state index >= 15 is 0 Å². The minimum absolute atomic E-state index is 0.0299. The van der Waals surface area contributed by atoms with Gasteiger partial charge in [-0.3, -0.25) is 4.79 Å². The van der Waals surface area contributed by atoms with Crippen molar-refractivity contribution in [1.29, 1.82) is 0 Å². The van der Waals surface area contributed by atoms with Crippen molar-refractivity contribution in [3.05, 3.63) is 24.0 Å². The van der Waals surface area contributed by atoms with E-state index in [1.165, 1.54) is 19.3 Å². The third-order valence-electron chi connectivity index (χ3n) is 4.14. The van der Waals surface area contributed by atoms with Crippen LogP contribution in [0.2, 0.25) is 0 Å². The van der Waals surface area contributed by atoms with E-state index in [2.05, 4.69) is 4.98 Å². The Labute approximate surface area is 114 Å². The number of rotatable bonds is 5. The van der Waals surface area contributed by atoms with Gasteiger partial charge >= 0.3 is 0 Å². The fourth-order valence-electron chi connectivity index (χ4n) is 2.94. The molecule has 0 aromatic carbocycles. The van der Waals surface area contributed by atoms with Gasteiger partial charge < -0.3 is 10.5 Å². The Morgan fingerprint density at radius 3 is 2.79 bits per heavy atom. The molecule has 0 saturated heterocycles. The zero-order valence-corrected chi connectivity index (χ0v) is 11.5. The van der Waals surface area contributed by atoms with Crippen LogP contribution in [0.25, 0.3) is 0 Å². The summed E-state index contributed by atoms with van der Waals surface area (Å²) < 4.78 is 5.21. The number of aromatic nitrogens is 1. The molecule has 1 heterocycles. The number of nitrogens with zero attached hydrogens (tertiary/aromatic N) is 1. The van der Waals surface area contributed by atoms with Crippen LogP contribution in [0.15, 0.2) is 18.3 Å². The Kier molecular flexibility index (Phi) is 4.53. The molecule has 1 aromatic heterocycles. The lowest BCUT2D eigenvalue weighted by atomic mass is 9.70. The van der Waals surface area contributed by atoms with Gasteiger partial charge in [0.05, 0.1) is 7.11 Å². The molecule has 4 nitrogen and oxygen atoms in total. The summed E-state index contributed by atoms with van der Waals surface area (Å²) in [6, 6.07) is 3.55. The second-order valence-corrected chi connectivity index (χ2v) is 5.42. The molecule has 1 aliphatic rings. The first-order chi connectivity index (χ1) is 9.21. The number of carbonyl (C=O) groups is 1. The predicted octanol–water partition coefficient (Wildman–Crippen LogP) is 2.57. The summed E-state index contributed by atoms with van der Waals surface area (Å²) in [6.45, 7) is 0.577. The van der Waals surface area contributed by atoms with Crippen molar-refractivity contribution >= 4 is 5.78 Å². The van der Waals surface area contributed by atoms with Gasteiger partial charge in [0.25, 0.3) is 0 Å². The maximum atomic E-state index is 12.5. The highest BCUT2D eigenvalue weighted by molar-refractivity contribution is 5.97. The molecule has 0 aliphatic heterocycles. The van der Waals surface area contributed by atoms with Crippen LogP contribution in [0.5, 0.6) is 5.75 Å². The summed E-state index contributed by atoms with van der Waals surface area (Å²) in [5, 5.41) is 0. The molecule has 1 aromatic rings. The van der Waals surface area contributed by atoms with E-state index in [1.54, 1.807) is 25.4 Å². The topological polar surface area (TPSA) is 65.2 Å². The molecule has 104 valence electrons. The van der Waals surface area contributed by atoms with E-state index in [0.717, 1.165) is 12.8 Å². The highest BCUT2D eigenvalue weighted by Gasteiger charge is 2.34. The van der Waals surface area contributed by atoms with Crippen molar-refractivity contribution in [3.8, 4) is 5.75 Å². The van der Waals surface area contributed by atoms with Crippen molar-refractivity contribution in [2.75, 3.05) is 13.7 Å². The van der Waals surface area contributed by atoms with Crippen molar-refractivity contribution in [2.45, 2.75) is 38.5 Å². The summed E-state index contributed by atoms with van der Waals surface area (Å²) >= 11 is 0. The molecule has 0 spiro atoms. The van der Waals surface area contributed by atoms with Gasteiger partial charge in [-0.25, -0.2) is 4.98 Å². The SMILES string of the molecule is COc1cccnc1C(=O)CC1(CN)CCCCC1. The second kappa shape index (κ2) is 6.15. The lowest BCUT2D eigenvalue weighted by molar-refractivity contribution is 0.0859. The number of hydrogen-bond donors (Lipinski definition) is 1. The zero-order chi connectivity index (χ0) is 13.7. The van der Waals surface area contributed by atoms with Gasteiger partial charge in [0.2, 0.25) is 0 Å². The molecule has 1 fully saturated rings. The maximum Gasteiger partial charge on any atom is 0.185 e. The Balaban J connectivity index is 2.15. The van der Waals surface area contributed by atoms with Crippen LogP contribution >= 0.6 is 0 Å². The number of Topliss-reactive ketones (excluding diaryl/α,β-unsaturated/α-hetero) is 1. The highest BCUT2D eigenvalue weighted by Crippen LogP contribution is 2.39. The number of methoxy groups -OCH3 is 1. The average Bonchev–Trinajstić information content (AvgIpc) is 2.48. The molecule has 4 heteroatoms. The Bertz CT molecular complexity index is 440. The van der Waals surface area contributed by atoms with Gasteiger partial charge in [0.15, 0.2) is 5.78 Å². The number of carbonyl (C=O) groups excluding carboxylic acids is 1. The van der Waals surface area contributed by atoms with Crippen LogP contribution in [0.3, 0.4) is 0 Å². The fraction of sp³-hybridized carbons (Fsp3) is 0.600. The lowest BCUT2D eigenvalue weighted by Crippen LogP contribution is -2.35. The van der Waals surface area contributed by atoms with E-state index in [4.69, 9.17) is 10.5 Å². The third kappa shape index (κ3) is 3.13. The van der Waals surface area contributed by atoms with Gasteiger partial charge in [-0.2, -0.15) is 0 Å². The minimum Gasteiger partial charge on any atom is -0.494 e. The fourth-order valence-corrected chi connectivity index (χ4v) is 2.94. The summed E-state index contributed by atoms with van der Waals surface area (Å²) in [4.78, 5) is 16.6. The van der Waals surface area contributed by atoms with Crippen LogP contribution < -0.4 is 10.5 Å². The third-order valence-corrected chi connectivity index (χ3v) is 4.14. The molecule has 0 radical (unpaired) electrons. The van der Waals surface area contributed by atoms with Crippen molar-refractivity contribution in [1.82, 2.24) is 4.98 Å². The number of ether oxygens (including phenoxy) is 1. The smallest absolute Gasteiger partial charge is 0.185 e. The predicted molar refractivity (Wildman–Crippen MR) is 74.3 cm³/mol. The van der Waals surface area contributed by atoms with Crippen LogP contribution in [-0.2, 0) is 0 Å². The Hall–Kier alpha value is -1.42. The monoisotopic (exact) mass is 262 g/mol. The van der Waals surface area contributed by atoms with Gasteiger partial charge in [-0.15, -0.1) is 0 Å². The number of pyridine rings is 1. The molecular weight excluding hydrogens is 240 g/mol. The minimum atomic E-state index is -0.0299. The van der Waals surface area contributed by atoms with E-state index in [-0.39, 0.29) is 11.2 Å². The summed E-state index contributed by atoms with van der Waals surface area (Å²) in [5.74, 6) is 0.597. The van der Waals surface area contributed by atoms with Crippen LogP contribution in [0, 0.1) is 5.41 Å². The molecule has 0 bridgehead atoms. The molecule has 2 rings (SSSR count). The van der Waals surface area contributed by atoms with Crippen LogP contribution in [0.1, 0.15) is 49.0 Å². The zero-order valence-electron chi connectivity index (χ0n) is 11.5. The second-order valence-electron chi connectivity index (χ2n) is 5.42. The summed E-state index contributed by atoms with van der Waals surface area (Å²) in [6.07, 6.45) is 7.80. The molecule has 19 heavy (non-hydrogen) atoms. The standard InChI is InChI=1S/C15H22N2O2/c1-19-13-6-5-9-17-14(13)12(18)10-15(11-16)7-3-2-4-8-15/h5-6,9H,2-4,7-8,10-11,16H2,1H3. The first kappa shape index (κ1) is 14.0. The molecule has 1 saturated carbocycles. The molecule has 1 aliphatic carbocycles. The van der Waals surface area contributed by atoms with Crippen molar-refractivity contribution < 1.29 is 9.53 Å². The van der Waals surface area contributed by atoms with Crippen molar-refractivity contribution in [2.24, 2.45) is 11.1 Å². The largest absolute Gasteiger partial charge is 0.494 e. The molecule has 0 unspecified atom stereocenters. The molecular formula is C15H22N2O2. The number of nitrogens with two attached hydrogens (primary N) is 1. The van der Waals surface area contributed by atoms with E-state index in [0.29, 0.717) is 24.4 Å².